The molecule has 3 nitrogen and oxygen atoms in total. The third kappa shape index (κ3) is 1.66. The van der Waals surface area contributed by atoms with Crippen LogP contribution in [-0.2, 0) is 4.79 Å². The third-order valence-electron chi connectivity index (χ3n) is 1.35. The van der Waals surface area contributed by atoms with Crippen molar-refractivity contribution in [1.29, 1.82) is 0 Å². The lowest BCUT2D eigenvalue weighted by atomic mass is 10.1. The van der Waals surface area contributed by atoms with Gasteiger partial charge in [0.2, 0.25) is 5.91 Å². The van der Waals surface area contributed by atoms with Crippen molar-refractivity contribution in [2.75, 3.05) is 0 Å². The zero-order valence-electron chi connectivity index (χ0n) is 6.25. The van der Waals surface area contributed by atoms with E-state index in [1.807, 2.05) is 0 Å². The van der Waals surface area contributed by atoms with Crippen LogP contribution in [0.4, 0.5) is 4.39 Å². The van der Waals surface area contributed by atoms with Gasteiger partial charge in [-0.25, -0.2) is 4.39 Å². The smallest absolute Gasteiger partial charge is 0.248 e. The van der Waals surface area contributed by atoms with Crippen LogP contribution in [0.25, 0.3) is 5.57 Å². The number of aromatic nitrogens is 1. The average Bonchev–Trinajstić information content (AvgIpc) is 2.03. The van der Waals surface area contributed by atoms with Gasteiger partial charge in [0.05, 0.1) is 6.20 Å². The molecule has 0 aliphatic rings. The predicted molar refractivity (Wildman–Crippen MR) is 42.4 cm³/mol. The molecule has 0 atom stereocenters. The standard InChI is InChI=1S/C8H7FN2O/c1-5(8(10)12)6-2-7(9)4-11-3-6/h2-4H,1H2,(H2,10,12). The first kappa shape index (κ1) is 8.39. The summed E-state index contributed by atoms with van der Waals surface area (Å²) in [6.07, 6.45) is 2.37. The highest BCUT2D eigenvalue weighted by atomic mass is 19.1. The molecular weight excluding hydrogens is 159 g/mol. The van der Waals surface area contributed by atoms with E-state index >= 15 is 0 Å². The zero-order chi connectivity index (χ0) is 9.14. The van der Waals surface area contributed by atoms with Crippen molar-refractivity contribution in [1.82, 2.24) is 4.98 Å². The number of nitrogens with zero attached hydrogens (tertiary/aromatic N) is 1. The molecule has 0 unspecified atom stereocenters. The van der Waals surface area contributed by atoms with Crippen molar-refractivity contribution >= 4 is 11.5 Å². The highest BCUT2D eigenvalue weighted by molar-refractivity contribution is 6.17. The number of primary amides is 1. The maximum atomic E-state index is 12.5. The Morgan fingerprint density at radius 2 is 2.25 bits per heavy atom. The number of halogens is 1. The molecule has 0 aromatic carbocycles. The van der Waals surface area contributed by atoms with Gasteiger partial charge in [0.1, 0.15) is 5.82 Å². The summed E-state index contributed by atoms with van der Waals surface area (Å²) < 4.78 is 12.5. The van der Waals surface area contributed by atoms with E-state index in [4.69, 9.17) is 5.73 Å². The van der Waals surface area contributed by atoms with Crippen molar-refractivity contribution in [2.24, 2.45) is 5.73 Å². The number of rotatable bonds is 2. The van der Waals surface area contributed by atoms with Crippen LogP contribution in [0.15, 0.2) is 25.0 Å². The molecule has 4 heteroatoms. The monoisotopic (exact) mass is 166 g/mol. The summed E-state index contributed by atoms with van der Waals surface area (Å²) in [4.78, 5) is 14.1. The second kappa shape index (κ2) is 3.13. The minimum atomic E-state index is -0.678. The number of hydrogen-bond acceptors (Lipinski definition) is 2. The van der Waals surface area contributed by atoms with Crippen molar-refractivity contribution in [3.05, 3.63) is 36.4 Å². The highest BCUT2D eigenvalue weighted by Gasteiger charge is 2.05. The molecule has 62 valence electrons. The molecule has 1 rings (SSSR count). The van der Waals surface area contributed by atoms with Crippen LogP contribution in [0.3, 0.4) is 0 Å². The Bertz CT molecular complexity index is 336. The Morgan fingerprint density at radius 3 is 2.75 bits per heavy atom. The van der Waals surface area contributed by atoms with E-state index in [0.717, 1.165) is 12.3 Å². The average molecular weight is 166 g/mol. The van der Waals surface area contributed by atoms with Gasteiger partial charge in [-0.05, 0) is 6.07 Å². The van der Waals surface area contributed by atoms with E-state index in [9.17, 15) is 9.18 Å². The van der Waals surface area contributed by atoms with Gasteiger partial charge < -0.3 is 5.73 Å². The largest absolute Gasteiger partial charge is 0.366 e. The van der Waals surface area contributed by atoms with Gasteiger partial charge in [0.15, 0.2) is 0 Å². The van der Waals surface area contributed by atoms with E-state index in [0.29, 0.717) is 5.56 Å². The van der Waals surface area contributed by atoms with E-state index in [1.54, 1.807) is 0 Å². The molecule has 0 fully saturated rings. The van der Waals surface area contributed by atoms with E-state index in [2.05, 4.69) is 11.6 Å². The quantitative estimate of drug-likeness (QED) is 0.658. The van der Waals surface area contributed by atoms with Gasteiger partial charge in [-0.2, -0.15) is 0 Å². The Balaban J connectivity index is 3.04. The highest BCUT2D eigenvalue weighted by Crippen LogP contribution is 2.10. The number of amides is 1. The van der Waals surface area contributed by atoms with Crippen LogP contribution in [-0.4, -0.2) is 10.9 Å². The normalized spacial score (nSPS) is 9.42. The van der Waals surface area contributed by atoms with E-state index < -0.39 is 11.7 Å². The summed E-state index contributed by atoms with van der Waals surface area (Å²) in [7, 11) is 0. The van der Waals surface area contributed by atoms with Gasteiger partial charge >= 0.3 is 0 Å². The molecule has 1 aromatic rings. The van der Waals surface area contributed by atoms with Crippen LogP contribution in [0.1, 0.15) is 5.56 Å². The summed E-state index contributed by atoms with van der Waals surface area (Å²) in [5.41, 5.74) is 5.29. The first-order valence-corrected chi connectivity index (χ1v) is 3.21. The van der Waals surface area contributed by atoms with Gasteiger partial charge in [-0.1, -0.05) is 6.58 Å². The van der Waals surface area contributed by atoms with Crippen LogP contribution in [0.5, 0.6) is 0 Å². The number of pyridine rings is 1. The minimum Gasteiger partial charge on any atom is -0.366 e. The lowest BCUT2D eigenvalue weighted by Crippen LogP contribution is -2.12. The van der Waals surface area contributed by atoms with Gasteiger partial charge in [0, 0.05) is 17.3 Å². The topological polar surface area (TPSA) is 56.0 Å². The SMILES string of the molecule is C=C(C(N)=O)c1cncc(F)c1. The molecule has 0 aliphatic carbocycles. The molecule has 0 saturated heterocycles. The number of carbonyl (C=O) groups is 1. The first-order valence-electron chi connectivity index (χ1n) is 3.21. The molecule has 0 bridgehead atoms. The van der Waals surface area contributed by atoms with Crippen molar-refractivity contribution in [3.8, 4) is 0 Å². The van der Waals surface area contributed by atoms with Crippen LogP contribution in [0.2, 0.25) is 0 Å². The minimum absolute atomic E-state index is 0.0574. The fourth-order valence-corrected chi connectivity index (χ4v) is 0.719. The summed E-state index contributed by atoms with van der Waals surface area (Å²) in [5, 5.41) is 0. The fraction of sp³-hybridized carbons (Fsp3) is 0. The van der Waals surface area contributed by atoms with Crippen LogP contribution >= 0.6 is 0 Å². The van der Waals surface area contributed by atoms with Crippen LogP contribution < -0.4 is 5.73 Å². The Hall–Kier alpha value is -1.71. The summed E-state index contributed by atoms with van der Waals surface area (Å²) in [6.45, 7) is 3.38. The molecule has 0 spiro atoms. The molecule has 1 heterocycles. The van der Waals surface area contributed by atoms with Crippen LogP contribution in [0, 0.1) is 5.82 Å². The van der Waals surface area contributed by atoms with E-state index in [1.165, 1.54) is 6.20 Å². The maximum absolute atomic E-state index is 12.5. The van der Waals surface area contributed by atoms with Crippen molar-refractivity contribution < 1.29 is 9.18 Å². The number of hydrogen-bond donors (Lipinski definition) is 1. The Kier molecular flexibility index (Phi) is 2.19. The molecule has 0 saturated carbocycles. The third-order valence-corrected chi connectivity index (χ3v) is 1.35. The van der Waals surface area contributed by atoms with E-state index in [-0.39, 0.29) is 5.57 Å². The second-order valence-corrected chi connectivity index (χ2v) is 2.23. The van der Waals surface area contributed by atoms with Gasteiger partial charge in [-0.3, -0.25) is 9.78 Å². The summed E-state index contributed by atoms with van der Waals surface area (Å²) in [5.74, 6) is -1.20. The lowest BCUT2D eigenvalue weighted by Gasteiger charge is -1.99. The molecule has 2 N–H and O–H groups in total. The Morgan fingerprint density at radius 1 is 1.58 bits per heavy atom. The lowest BCUT2D eigenvalue weighted by molar-refractivity contribution is -0.112. The number of nitrogens with two attached hydrogens (primary N) is 1. The fourth-order valence-electron chi connectivity index (χ4n) is 0.719. The van der Waals surface area contributed by atoms with Gasteiger partial charge in [0.25, 0.3) is 0 Å². The van der Waals surface area contributed by atoms with Gasteiger partial charge in [-0.15, -0.1) is 0 Å². The molecule has 0 radical (unpaired) electrons. The summed E-state index contributed by atoms with van der Waals surface area (Å²) in [6, 6.07) is 1.15. The number of carbonyl (C=O) groups excluding carboxylic acids is 1. The molecule has 1 aromatic heterocycles. The second-order valence-electron chi connectivity index (χ2n) is 2.23. The van der Waals surface area contributed by atoms with Crippen molar-refractivity contribution in [2.45, 2.75) is 0 Å². The first-order chi connectivity index (χ1) is 5.61. The Labute approximate surface area is 68.7 Å². The molecular formula is C8H7FN2O. The molecule has 12 heavy (non-hydrogen) atoms. The van der Waals surface area contributed by atoms with Crippen molar-refractivity contribution in [3.63, 3.8) is 0 Å². The predicted octanol–water partition coefficient (Wildman–Crippen LogP) is 0.719. The maximum Gasteiger partial charge on any atom is 0.248 e. The molecule has 1 amide bonds. The molecule has 0 aliphatic heterocycles. The summed E-state index contributed by atoms with van der Waals surface area (Å²) >= 11 is 0. The zero-order valence-corrected chi connectivity index (χ0v) is 6.25.